The molecule has 1 amide bonds. The highest BCUT2D eigenvalue weighted by molar-refractivity contribution is 7.93. The van der Waals surface area contributed by atoms with E-state index in [4.69, 9.17) is 0 Å². The van der Waals surface area contributed by atoms with Gasteiger partial charge in [0.1, 0.15) is 5.54 Å². The van der Waals surface area contributed by atoms with Gasteiger partial charge < -0.3 is 4.98 Å². The highest BCUT2D eigenvalue weighted by atomic mass is 32.2. The molecule has 1 saturated carbocycles. The summed E-state index contributed by atoms with van der Waals surface area (Å²) in [5.74, 6) is -0.745. The molecule has 0 radical (unpaired) electrons. The van der Waals surface area contributed by atoms with Gasteiger partial charge in [0.2, 0.25) is 5.91 Å². The minimum absolute atomic E-state index is 0.00799. The Hall–Kier alpha value is -3.04. The summed E-state index contributed by atoms with van der Waals surface area (Å²) in [5, 5.41) is 10.2. The summed E-state index contributed by atoms with van der Waals surface area (Å²) in [6.45, 7) is 2.93. The lowest BCUT2D eigenvalue weighted by Crippen LogP contribution is -2.45. The van der Waals surface area contributed by atoms with Crippen LogP contribution < -0.4 is 11.2 Å². The van der Waals surface area contributed by atoms with Gasteiger partial charge in [-0.15, -0.1) is 11.3 Å². The molecule has 2 aliphatic rings. The minimum Gasteiger partial charge on any atom is -0.310 e. The third-order valence-electron chi connectivity index (χ3n) is 5.39. The lowest BCUT2D eigenvalue weighted by atomic mass is 10.0. The third kappa shape index (κ3) is 3.53. The number of nitriles is 1. The first-order valence-corrected chi connectivity index (χ1v) is 11.8. The molecule has 1 N–H and O–H groups in total. The number of allylic oxidation sites excluding steroid dienone is 1. The number of fused-ring (bicyclic) bond motifs is 1. The smallest absolute Gasteiger partial charge is 0.310 e. The molecule has 10 nitrogen and oxygen atoms in total. The van der Waals surface area contributed by atoms with Gasteiger partial charge in [-0.05, 0) is 38.7 Å². The molecule has 31 heavy (non-hydrogen) atoms. The molecule has 162 valence electrons. The number of aromatic nitrogens is 3. The molecular formula is C19H19N5O5S2. The average Bonchev–Trinajstić information content (AvgIpc) is 3.37. The predicted octanol–water partition coefficient (Wildman–Crippen LogP) is 0.871. The molecule has 4 rings (SSSR count). The Morgan fingerprint density at radius 1 is 1.39 bits per heavy atom. The first-order chi connectivity index (χ1) is 14.6. The van der Waals surface area contributed by atoms with Crippen molar-refractivity contribution in [2.24, 2.45) is 0 Å². The summed E-state index contributed by atoms with van der Waals surface area (Å²) in [6, 6.07) is 1.94. The fraction of sp³-hybridized carbons (Fsp3) is 0.421. The first kappa shape index (κ1) is 21.2. The molecule has 0 bridgehead atoms. The van der Waals surface area contributed by atoms with Crippen molar-refractivity contribution >= 4 is 33.3 Å². The molecule has 0 spiro atoms. The van der Waals surface area contributed by atoms with Gasteiger partial charge in [0, 0.05) is 23.7 Å². The number of hydrogen-bond acceptors (Lipinski definition) is 8. The van der Waals surface area contributed by atoms with Crippen LogP contribution in [0, 0.1) is 18.3 Å². The Balaban J connectivity index is 1.79. The van der Waals surface area contributed by atoms with Crippen LogP contribution in [0.5, 0.6) is 0 Å². The molecule has 0 unspecified atom stereocenters. The zero-order valence-electron chi connectivity index (χ0n) is 16.8. The van der Waals surface area contributed by atoms with Gasteiger partial charge in [-0.2, -0.15) is 5.26 Å². The van der Waals surface area contributed by atoms with E-state index in [-0.39, 0.29) is 42.7 Å². The number of aromatic amines is 1. The Morgan fingerprint density at radius 3 is 2.65 bits per heavy atom. The number of sulfonamides is 1. The van der Waals surface area contributed by atoms with E-state index in [2.05, 4.69) is 9.97 Å². The fourth-order valence-corrected chi connectivity index (χ4v) is 6.40. The Kier molecular flexibility index (Phi) is 4.98. The van der Waals surface area contributed by atoms with E-state index in [0.29, 0.717) is 14.9 Å². The molecule has 0 saturated heterocycles. The maximum Gasteiger partial charge on any atom is 0.328 e. The second-order valence-corrected chi connectivity index (χ2v) is 10.8. The number of amides is 1. The summed E-state index contributed by atoms with van der Waals surface area (Å²) >= 11 is 1.35. The molecule has 0 atom stereocenters. The van der Waals surface area contributed by atoms with Crippen molar-refractivity contribution < 1.29 is 13.2 Å². The van der Waals surface area contributed by atoms with Crippen molar-refractivity contribution in [3.63, 3.8) is 0 Å². The van der Waals surface area contributed by atoms with Gasteiger partial charge in [-0.3, -0.25) is 14.2 Å². The fourth-order valence-electron chi connectivity index (χ4n) is 3.74. The summed E-state index contributed by atoms with van der Waals surface area (Å²) in [7, 11) is -4.29. The van der Waals surface area contributed by atoms with E-state index in [1.54, 1.807) is 6.20 Å². The second-order valence-electron chi connectivity index (χ2n) is 7.60. The molecule has 2 heterocycles. The van der Waals surface area contributed by atoms with Crippen LogP contribution in [-0.2, 0) is 27.8 Å². The highest BCUT2D eigenvalue weighted by Gasteiger charge is 2.56. The number of nitrogens with one attached hydrogen (secondary N) is 1. The standard InChI is InChI=1S/C19H19N5O5S2/c1-11-21-8-13(30-11)9-23-17(26)15-7-14(3-4-16(15)22-18(23)27)31(28,29)24(12(2)25)19(10-20)5-6-19/h7-8H,3-6,9H2,1-2H3,(H,22,27). The monoisotopic (exact) mass is 461 g/mol. The van der Waals surface area contributed by atoms with E-state index in [9.17, 15) is 28.1 Å². The van der Waals surface area contributed by atoms with Crippen LogP contribution in [0.3, 0.4) is 0 Å². The number of aryl methyl sites for hydroxylation is 2. The van der Waals surface area contributed by atoms with Gasteiger partial charge >= 0.3 is 5.69 Å². The van der Waals surface area contributed by atoms with Crippen LogP contribution in [0.15, 0.2) is 20.7 Å². The van der Waals surface area contributed by atoms with Gasteiger partial charge in [0.25, 0.3) is 15.6 Å². The third-order valence-corrected chi connectivity index (χ3v) is 8.36. The number of H-pyrrole nitrogens is 1. The topological polar surface area (TPSA) is 146 Å². The van der Waals surface area contributed by atoms with Crippen LogP contribution in [-0.4, -0.2) is 38.7 Å². The number of carbonyl (C=O) groups is 1. The highest BCUT2D eigenvalue weighted by Crippen LogP contribution is 2.44. The average molecular weight is 462 g/mol. The molecule has 0 aliphatic heterocycles. The number of carbonyl (C=O) groups excluding carboxylic acids is 1. The van der Waals surface area contributed by atoms with Crippen molar-refractivity contribution in [1.82, 2.24) is 18.8 Å². The number of hydrogen-bond donors (Lipinski definition) is 1. The zero-order chi connectivity index (χ0) is 22.6. The molecule has 12 heteroatoms. The normalized spacial score (nSPS) is 16.7. The van der Waals surface area contributed by atoms with E-state index >= 15 is 0 Å². The Labute approximate surface area is 181 Å². The first-order valence-electron chi connectivity index (χ1n) is 9.54. The zero-order valence-corrected chi connectivity index (χ0v) is 18.5. The lowest BCUT2D eigenvalue weighted by molar-refractivity contribution is -0.125. The second kappa shape index (κ2) is 7.28. The summed E-state index contributed by atoms with van der Waals surface area (Å²) in [5.41, 5.74) is -2.15. The van der Waals surface area contributed by atoms with Crippen molar-refractivity contribution in [1.29, 1.82) is 5.26 Å². The van der Waals surface area contributed by atoms with Crippen molar-refractivity contribution in [3.05, 3.63) is 53.1 Å². The maximum absolute atomic E-state index is 13.2. The summed E-state index contributed by atoms with van der Waals surface area (Å²) < 4.78 is 28.1. The van der Waals surface area contributed by atoms with Crippen LogP contribution in [0.4, 0.5) is 0 Å². The van der Waals surface area contributed by atoms with Crippen LogP contribution in [0.1, 0.15) is 47.3 Å². The van der Waals surface area contributed by atoms with Gasteiger partial charge in [0.05, 0.1) is 28.1 Å². The quantitative estimate of drug-likeness (QED) is 0.695. The van der Waals surface area contributed by atoms with E-state index < -0.39 is 32.7 Å². The van der Waals surface area contributed by atoms with Crippen molar-refractivity contribution in [2.75, 3.05) is 0 Å². The van der Waals surface area contributed by atoms with Crippen molar-refractivity contribution in [2.45, 2.75) is 51.6 Å². The number of thiazole rings is 1. The lowest BCUT2D eigenvalue weighted by Gasteiger charge is -2.28. The number of rotatable bonds is 5. The molecule has 2 aromatic rings. The van der Waals surface area contributed by atoms with Crippen LogP contribution in [0.2, 0.25) is 0 Å². The molecule has 1 fully saturated rings. The molecule has 2 aromatic heterocycles. The van der Waals surface area contributed by atoms with Crippen LogP contribution >= 0.6 is 11.3 Å². The van der Waals surface area contributed by atoms with Gasteiger partial charge in [0.15, 0.2) is 0 Å². The van der Waals surface area contributed by atoms with E-state index in [1.165, 1.54) is 17.4 Å². The summed E-state index contributed by atoms with van der Waals surface area (Å²) in [6.07, 6.45) is 3.48. The largest absolute Gasteiger partial charge is 0.328 e. The minimum atomic E-state index is -4.29. The Morgan fingerprint density at radius 2 is 2.10 bits per heavy atom. The van der Waals surface area contributed by atoms with Crippen LogP contribution in [0.25, 0.3) is 6.08 Å². The van der Waals surface area contributed by atoms with E-state index in [1.807, 2.05) is 13.0 Å². The molecular weight excluding hydrogens is 442 g/mol. The van der Waals surface area contributed by atoms with Gasteiger partial charge in [-0.1, -0.05) is 0 Å². The van der Waals surface area contributed by atoms with E-state index in [0.717, 1.165) is 16.5 Å². The molecule has 2 aliphatic carbocycles. The molecule has 0 aromatic carbocycles. The Bertz CT molecular complexity index is 1390. The number of nitrogens with zero attached hydrogens (tertiary/aromatic N) is 4. The maximum atomic E-state index is 13.2. The van der Waals surface area contributed by atoms with Crippen molar-refractivity contribution in [3.8, 4) is 6.07 Å². The summed E-state index contributed by atoms with van der Waals surface area (Å²) in [4.78, 5) is 45.0. The SMILES string of the molecule is CC(=O)N(C1(C#N)CC1)S(=O)(=O)C1=Cc2c([nH]c(=O)n(Cc3cnc(C)s3)c2=O)CC1. The predicted molar refractivity (Wildman–Crippen MR) is 113 cm³/mol. The van der Waals surface area contributed by atoms with Gasteiger partial charge in [-0.25, -0.2) is 22.5 Å².